The summed E-state index contributed by atoms with van der Waals surface area (Å²) >= 11 is 9.53. The van der Waals surface area contributed by atoms with Gasteiger partial charge in [-0.05, 0) is 36.8 Å². The van der Waals surface area contributed by atoms with Crippen LogP contribution in [0.15, 0.2) is 46.9 Å². The van der Waals surface area contributed by atoms with Gasteiger partial charge in [-0.15, -0.1) is 0 Å². The van der Waals surface area contributed by atoms with Crippen molar-refractivity contribution in [2.45, 2.75) is 19.6 Å². The molecular weight excluding hydrogens is 326 g/mol. The first-order chi connectivity index (χ1) is 9.06. The highest BCUT2D eigenvalue weighted by molar-refractivity contribution is 9.10. The summed E-state index contributed by atoms with van der Waals surface area (Å²) in [7, 11) is 0. The van der Waals surface area contributed by atoms with E-state index in [-0.39, 0.29) is 6.04 Å². The number of benzene rings is 2. The lowest BCUT2D eigenvalue weighted by Crippen LogP contribution is -2.05. The van der Waals surface area contributed by atoms with Crippen molar-refractivity contribution in [1.82, 2.24) is 0 Å². The molecule has 0 bridgehead atoms. The van der Waals surface area contributed by atoms with Crippen LogP contribution in [-0.2, 0) is 6.61 Å². The smallest absolute Gasteiger partial charge is 0.120 e. The standard InChI is InChI=1S/C15H15BrClNO/c1-10(18)11-3-2-4-14(7-11)19-9-12-5-6-13(16)8-15(12)17/h2-8,10H,9,18H2,1H3/t10-/m0/s1. The van der Waals surface area contributed by atoms with Crippen LogP contribution < -0.4 is 10.5 Å². The molecule has 2 nitrogen and oxygen atoms in total. The van der Waals surface area contributed by atoms with Crippen molar-refractivity contribution < 1.29 is 4.74 Å². The highest BCUT2D eigenvalue weighted by atomic mass is 79.9. The Kier molecular flexibility index (Phi) is 4.86. The van der Waals surface area contributed by atoms with Gasteiger partial charge >= 0.3 is 0 Å². The Bertz CT molecular complexity index is 572. The molecule has 2 aromatic carbocycles. The molecule has 0 aliphatic rings. The monoisotopic (exact) mass is 339 g/mol. The average molecular weight is 341 g/mol. The zero-order valence-electron chi connectivity index (χ0n) is 10.6. The molecule has 0 fully saturated rings. The van der Waals surface area contributed by atoms with Crippen LogP contribution in [0.1, 0.15) is 24.1 Å². The molecule has 2 rings (SSSR count). The topological polar surface area (TPSA) is 35.2 Å². The summed E-state index contributed by atoms with van der Waals surface area (Å²) < 4.78 is 6.71. The van der Waals surface area contributed by atoms with E-state index < -0.39 is 0 Å². The minimum Gasteiger partial charge on any atom is -0.489 e. The van der Waals surface area contributed by atoms with Crippen LogP contribution in [0, 0.1) is 0 Å². The van der Waals surface area contributed by atoms with Gasteiger partial charge in [0, 0.05) is 21.1 Å². The molecule has 2 aromatic rings. The Morgan fingerprint density at radius 1 is 1.26 bits per heavy atom. The summed E-state index contributed by atoms with van der Waals surface area (Å²) in [6, 6.07) is 13.6. The second-order valence-electron chi connectivity index (χ2n) is 4.39. The van der Waals surface area contributed by atoms with Gasteiger partial charge in [0.05, 0.1) is 0 Å². The van der Waals surface area contributed by atoms with Gasteiger partial charge in [0.15, 0.2) is 0 Å². The molecule has 0 spiro atoms. The third-order valence-electron chi connectivity index (χ3n) is 2.79. The van der Waals surface area contributed by atoms with Gasteiger partial charge in [-0.2, -0.15) is 0 Å². The molecule has 0 aromatic heterocycles. The van der Waals surface area contributed by atoms with Crippen LogP contribution in [0.25, 0.3) is 0 Å². The largest absolute Gasteiger partial charge is 0.489 e. The molecule has 4 heteroatoms. The second kappa shape index (κ2) is 6.42. The third kappa shape index (κ3) is 3.96. The SMILES string of the molecule is C[C@H](N)c1cccc(OCc2ccc(Br)cc2Cl)c1. The first-order valence-electron chi connectivity index (χ1n) is 5.98. The molecule has 0 radical (unpaired) electrons. The highest BCUT2D eigenvalue weighted by Crippen LogP contribution is 2.24. The highest BCUT2D eigenvalue weighted by Gasteiger charge is 2.04. The van der Waals surface area contributed by atoms with Gasteiger partial charge in [0.1, 0.15) is 12.4 Å². The van der Waals surface area contributed by atoms with E-state index in [0.717, 1.165) is 21.3 Å². The summed E-state index contributed by atoms with van der Waals surface area (Å²) in [4.78, 5) is 0. The van der Waals surface area contributed by atoms with Gasteiger partial charge in [0.25, 0.3) is 0 Å². The molecule has 1 atom stereocenters. The zero-order valence-corrected chi connectivity index (χ0v) is 12.9. The maximum atomic E-state index is 6.15. The molecular formula is C15H15BrClNO. The average Bonchev–Trinajstić information content (AvgIpc) is 2.38. The van der Waals surface area contributed by atoms with Crippen LogP contribution >= 0.6 is 27.5 Å². The van der Waals surface area contributed by atoms with Gasteiger partial charge in [0.2, 0.25) is 0 Å². The number of hydrogen-bond acceptors (Lipinski definition) is 2. The number of nitrogens with two attached hydrogens (primary N) is 1. The van der Waals surface area contributed by atoms with E-state index in [1.54, 1.807) is 0 Å². The van der Waals surface area contributed by atoms with Crippen molar-refractivity contribution in [2.24, 2.45) is 5.73 Å². The molecule has 19 heavy (non-hydrogen) atoms. The first-order valence-corrected chi connectivity index (χ1v) is 7.15. The molecule has 0 aliphatic heterocycles. The summed E-state index contributed by atoms with van der Waals surface area (Å²) in [6.07, 6.45) is 0. The Morgan fingerprint density at radius 3 is 2.74 bits per heavy atom. The van der Waals surface area contributed by atoms with Gasteiger partial charge in [-0.1, -0.05) is 45.7 Å². The van der Waals surface area contributed by atoms with E-state index in [1.807, 2.05) is 49.4 Å². The molecule has 0 aliphatic carbocycles. The Labute approximate surface area is 126 Å². The van der Waals surface area contributed by atoms with Crippen molar-refractivity contribution in [3.8, 4) is 5.75 Å². The van der Waals surface area contributed by atoms with E-state index in [0.29, 0.717) is 11.6 Å². The fraction of sp³-hybridized carbons (Fsp3) is 0.200. The van der Waals surface area contributed by atoms with Crippen molar-refractivity contribution >= 4 is 27.5 Å². The van der Waals surface area contributed by atoms with Gasteiger partial charge in [-0.3, -0.25) is 0 Å². The van der Waals surface area contributed by atoms with Crippen LogP contribution in [-0.4, -0.2) is 0 Å². The number of halogens is 2. The minimum absolute atomic E-state index is 0.000168. The fourth-order valence-electron chi connectivity index (χ4n) is 1.69. The molecule has 0 unspecified atom stereocenters. The van der Waals surface area contributed by atoms with E-state index in [2.05, 4.69) is 15.9 Å². The minimum atomic E-state index is -0.000168. The normalized spacial score (nSPS) is 12.2. The summed E-state index contributed by atoms with van der Waals surface area (Å²) in [6.45, 7) is 2.39. The zero-order chi connectivity index (χ0) is 13.8. The lowest BCUT2D eigenvalue weighted by Gasteiger charge is -2.11. The predicted octanol–water partition coefficient (Wildman–Crippen LogP) is 4.70. The molecule has 2 N–H and O–H groups in total. The third-order valence-corrected chi connectivity index (χ3v) is 3.64. The number of ether oxygens (including phenoxy) is 1. The maximum Gasteiger partial charge on any atom is 0.120 e. The number of rotatable bonds is 4. The maximum absolute atomic E-state index is 6.15. The van der Waals surface area contributed by atoms with Crippen molar-refractivity contribution in [2.75, 3.05) is 0 Å². The molecule has 100 valence electrons. The molecule has 0 amide bonds. The second-order valence-corrected chi connectivity index (χ2v) is 5.71. The number of hydrogen-bond donors (Lipinski definition) is 1. The first kappa shape index (κ1) is 14.4. The summed E-state index contributed by atoms with van der Waals surface area (Å²) in [5.41, 5.74) is 7.86. The Morgan fingerprint density at radius 2 is 2.05 bits per heavy atom. The lowest BCUT2D eigenvalue weighted by atomic mass is 10.1. The fourth-order valence-corrected chi connectivity index (χ4v) is 2.42. The Balaban J connectivity index is 2.08. The molecule has 0 saturated heterocycles. The summed E-state index contributed by atoms with van der Waals surface area (Å²) in [5.74, 6) is 0.800. The molecule has 0 heterocycles. The van der Waals surface area contributed by atoms with Crippen molar-refractivity contribution in [3.05, 3.63) is 63.1 Å². The van der Waals surface area contributed by atoms with Crippen LogP contribution in [0.3, 0.4) is 0 Å². The van der Waals surface area contributed by atoms with E-state index in [4.69, 9.17) is 22.1 Å². The van der Waals surface area contributed by atoms with Crippen LogP contribution in [0.5, 0.6) is 5.75 Å². The Hall–Kier alpha value is -1.03. The molecule has 0 saturated carbocycles. The lowest BCUT2D eigenvalue weighted by molar-refractivity contribution is 0.306. The summed E-state index contributed by atoms with van der Waals surface area (Å²) in [5, 5.41) is 0.692. The van der Waals surface area contributed by atoms with E-state index in [1.165, 1.54) is 0 Å². The van der Waals surface area contributed by atoms with Crippen LogP contribution in [0.2, 0.25) is 5.02 Å². The van der Waals surface area contributed by atoms with Crippen molar-refractivity contribution in [1.29, 1.82) is 0 Å². The van der Waals surface area contributed by atoms with E-state index in [9.17, 15) is 0 Å². The van der Waals surface area contributed by atoms with Crippen LogP contribution in [0.4, 0.5) is 0 Å². The van der Waals surface area contributed by atoms with E-state index >= 15 is 0 Å². The quantitative estimate of drug-likeness (QED) is 0.875. The van der Waals surface area contributed by atoms with Gasteiger partial charge < -0.3 is 10.5 Å². The predicted molar refractivity (Wildman–Crippen MR) is 82.5 cm³/mol. The van der Waals surface area contributed by atoms with Gasteiger partial charge in [-0.25, -0.2) is 0 Å². The van der Waals surface area contributed by atoms with Crippen molar-refractivity contribution in [3.63, 3.8) is 0 Å².